The van der Waals surface area contributed by atoms with E-state index in [-0.39, 0.29) is 83.5 Å². The van der Waals surface area contributed by atoms with Crippen LogP contribution in [0, 0.1) is 19.7 Å². The molecule has 8 N–H and O–H groups in total. The van der Waals surface area contributed by atoms with Crippen molar-refractivity contribution >= 4 is 95.3 Å². The second kappa shape index (κ2) is 30.1. The first kappa shape index (κ1) is 63.0. The number of anilines is 6. The molecule has 444 valence electrons. The Hall–Kier alpha value is -7.57. The summed E-state index contributed by atoms with van der Waals surface area (Å²) in [6, 6.07) is 13.3. The molecule has 3 aromatic carbocycles. The van der Waals surface area contributed by atoms with Crippen molar-refractivity contribution in [2.24, 2.45) is 5.73 Å². The van der Waals surface area contributed by atoms with Crippen molar-refractivity contribution in [3.05, 3.63) is 118 Å². The normalized spacial score (nSPS) is 13.7. The molecule has 25 nitrogen and oxygen atoms in total. The molecule has 0 spiro atoms. The van der Waals surface area contributed by atoms with Crippen molar-refractivity contribution in [1.29, 1.82) is 0 Å². The summed E-state index contributed by atoms with van der Waals surface area (Å²) in [5.41, 5.74) is 15.6. The number of nitrogens with one attached hydrogen (secondary N) is 4. The molecule has 4 amide bonds. The van der Waals surface area contributed by atoms with Gasteiger partial charge in [-0.1, -0.05) is 18.2 Å². The van der Waals surface area contributed by atoms with Crippen LogP contribution < -0.4 is 32.1 Å². The fourth-order valence-corrected chi connectivity index (χ4v) is 9.98. The molecular weight excluding hydrogens is 1160 g/mol. The van der Waals surface area contributed by atoms with Crippen LogP contribution in [0.1, 0.15) is 56.4 Å². The fourth-order valence-electron chi connectivity index (χ4n) is 8.68. The molecular formula is C55H69BrFN15O10S. The zero-order chi connectivity index (χ0) is 59.6. The van der Waals surface area contributed by atoms with E-state index >= 15 is 0 Å². The monoisotopic (exact) mass is 1230 g/mol. The van der Waals surface area contributed by atoms with Crippen molar-refractivity contribution in [2.75, 3.05) is 128 Å². The quantitative estimate of drug-likeness (QED) is 0.0258. The smallest absolute Gasteiger partial charge is 0.277 e. The van der Waals surface area contributed by atoms with Gasteiger partial charge in [0.15, 0.2) is 11.3 Å². The first-order valence-electron chi connectivity index (χ1n) is 26.6. The second-order valence-corrected chi connectivity index (χ2v) is 22.1. The van der Waals surface area contributed by atoms with Crippen LogP contribution in [0.4, 0.5) is 39.0 Å². The largest absolute Gasteiger partial charge is 0.383 e. The molecule has 1 fully saturated rings. The summed E-state index contributed by atoms with van der Waals surface area (Å²) in [5.74, 6) is -1.90. The van der Waals surface area contributed by atoms with Crippen LogP contribution in [0.2, 0.25) is 0 Å². The van der Waals surface area contributed by atoms with Crippen molar-refractivity contribution in [3.8, 4) is 0 Å². The number of aromatic nitrogens is 6. The molecule has 1 atom stereocenters. The minimum atomic E-state index is -3.84. The van der Waals surface area contributed by atoms with E-state index in [2.05, 4.69) is 56.5 Å². The Morgan fingerprint density at radius 1 is 0.867 bits per heavy atom. The summed E-state index contributed by atoms with van der Waals surface area (Å²) in [6.07, 6.45) is 7.85. The number of halogens is 2. The zero-order valence-electron chi connectivity index (χ0n) is 46.8. The van der Waals surface area contributed by atoms with Gasteiger partial charge >= 0.3 is 0 Å². The number of nitrogens with zero attached hydrogens (tertiary/aromatic N) is 9. The van der Waals surface area contributed by atoms with Gasteiger partial charge < -0.3 is 61.1 Å². The Bertz CT molecular complexity index is 3390. The van der Waals surface area contributed by atoms with E-state index < -0.39 is 27.7 Å². The van der Waals surface area contributed by atoms with Gasteiger partial charge in [-0.2, -0.15) is 10.1 Å². The molecule has 83 heavy (non-hydrogen) atoms. The standard InChI is InChI=1S/C55H69BrFN15O10S/c1-35-36(2)43(18-13-37(35)31-46(74)69(3)4)66-54(76)49-48-50(58)61-34-62-53(48)72(68-49)39-9-7-21-71(33-39)45(73)12-8-20-70(5)22-24-80-26-28-82-30-29-81-27-25-79-23-19-63-83(77,78)40-16-14-38(15-17-40)64-55-60-32-41(56)52(67-55)65-44-11-6-10-42(57)47(44)51(59)75/h6,8,10-18,32,34,39,63H,7,9,19-31,33H2,1-5H3,(H2,59,75)(H,66,76)(H2,58,61,62)(H2,60,64,65,67)/b12-8+/t39-/m1/s1. The lowest BCUT2D eigenvalue weighted by Crippen LogP contribution is -2.40. The maximum atomic E-state index is 14.3. The number of carbonyl (C=O) groups is 4. The molecule has 3 aromatic heterocycles. The molecule has 7 rings (SSSR count). The van der Waals surface area contributed by atoms with Crippen LogP contribution in [-0.4, -0.2) is 183 Å². The van der Waals surface area contributed by atoms with Gasteiger partial charge in [0.25, 0.3) is 11.8 Å². The number of hydrogen-bond donors (Lipinski definition) is 6. The molecule has 28 heteroatoms. The number of piperidine rings is 1. The van der Waals surface area contributed by atoms with Crippen LogP contribution in [0.25, 0.3) is 11.0 Å². The van der Waals surface area contributed by atoms with E-state index in [4.69, 9.17) is 35.5 Å². The SMILES string of the molecule is Cc1c(CC(=O)N(C)C)ccc(NC(=O)c2nn([C@@H]3CCCN(C(=O)/C=C/CN(C)CCOCCOCCOCCOCCNS(=O)(=O)c4ccc(Nc5ncc(Br)c(Nc6cccc(F)c6C(N)=O)n5)cc4)C3)c3ncnc(N)c23)c1C. The highest BCUT2D eigenvalue weighted by molar-refractivity contribution is 9.10. The summed E-state index contributed by atoms with van der Waals surface area (Å²) < 4.78 is 67.1. The predicted octanol–water partition coefficient (Wildman–Crippen LogP) is 4.88. The minimum absolute atomic E-state index is 0.0225. The first-order chi connectivity index (χ1) is 39.8. The van der Waals surface area contributed by atoms with E-state index in [9.17, 15) is 32.0 Å². The number of hydrogen-bond acceptors (Lipinski definition) is 19. The molecule has 4 heterocycles. The van der Waals surface area contributed by atoms with Crippen LogP contribution in [0.5, 0.6) is 0 Å². The number of ether oxygens (including phenoxy) is 4. The van der Waals surface area contributed by atoms with E-state index in [1.165, 1.54) is 36.8 Å². The van der Waals surface area contributed by atoms with Gasteiger partial charge in [-0.3, -0.25) is 19.2 Å². The summed E-state index contributed by atoms with van der Waals surface area (Å²) in [7, 11) is 1.52. The van der Waals surface area contributed by atoms with Crippen molar-refractivity contribution < 1.29 is 50.9 Å². The van der Waals surface area contributed by atoms with Gasteiger partial charge in [0, 0.05) is 70.5 Å². The topological polar surface area (TPSA) is 319 Å². The Morgan fingerprint density at radius 3 is 2.27 bits per heavy atom. The molecule has 0 saturated carbocycles. The Morgan fingerprint density at radius 2 is 1.57 bits per heavy atom. The summed E-state index contributed by atoms with van der Waals surface area (Å²) in [4.78, 5) is 74.1. The molecule has 1 aliphatic heterocycles. The van der Waals surface area contributed by atoms with Gasteiger partial charge in [0.2, 0.25) is 27.8 Å². The first-order valence-corrected chi connectivity index (χ1v) is 28.9. The zero-order valence-corrected chi connectivity index (χ0v) is 49.2. The number of fused-ring (bicyclic) bond motifs is 1. The summed E-state index contributed by atoms with van der Waals surface area (Å²) >= 11 is 3.33. The van der Waals surface area contributed by atoms with Crippen LogP contribution in [-0.2, 0) is 45.0 Å². The number of rotatable bonds is 30. The third-order valence-electron chi connectivity index (χ3n) is 13.4. The Balaban J connectivity index is 0.723. The van der Waals surface area contributed by atoms with Crippen LogP contribution in [0.15, 0.2) is 88.6 Å². The number of likely N-dealkylation sites (tertiary alicyclic amines) is 1. The fraction of sp³-hybridized carbons (Fsp3) is 0.400. The molecule has 1 aliphatic rings. The lowest BCUT2D eigenvalue weighted by Gasteiger charge is -2.32. The number of carbonyl (C=O) groups excluding carboxylic acids is 4. The number of primary amides is 1. The van der Waals surface area contributed by atoms with Gasteiger partial charge in [0.1, 0.15) is 23.8 Å². The second-order valence-electron chi connectivity index (χ2n) is 19.5. The van der Waals surface area contributed by atoms with Crippen molar-refractivity contribution in [3.63, 3.8) is 0 Å². The number of sulfonamides is 1. The van der Waals surface area contributed by atoms with E-state index in [1.54, 1.807) is 52.9 Å². The number of benzene rings is 3. The number of nitrogen functional groups attached to an aromatic ring is 1. The molecule has 0 radical (unpaired) electrons. The van der Waals surface area contributed by atoms with Gasteiger partial charge in [-0.25, -0.2) is 37.2 Å². The highest BCUT2D eigenvalue weighted by atomic mass is 79.9. The maximum Gasteiger partial charge on any atom is 0.277 e. The Labute approximate surface area is 488 Å². The van der Waals surface area contributed by atoms with E-state index in [1.807, 2.05) is 37.9 Å². The third kappa shape index (κ3) is 17.5. The third-order valence-corrected chi connectivity index (χ3v) is 15.5. The average Bonchev–Trinajstić information content (AvgIpc) is 2.93. The van der Waals surface area contributed by atoms with Gasteiger partial charge in [0.05, 0.1) is 91.3 Å². The molecule has 0 unspecified atom stereocenters. The van der Waals surface area contributed by atoms with E-state index in [0.717, 1.165) is 29.2 Å². The summed E-state index contributed by atoms with van der Waals surface area (Å²) in [6.45, 7) is 8.56. The number of amides is 4. The maximum absolute atomic E-state index is 14.3. The lowest BCUT2D eigenvalue weighted by atomic mass is 9.98. The molecule has 1 saturated heterocycles. The van der Waals surface area contributed by atoms with Crippen LogP contribution in [0.3, 0.4) is 0 Å². The van der Waals surface area contributed by atoms with Gasteiger partial charge in [-0.15, -0.1) is 0 Å². The number of likely N-dealkylation sites (N-methyl/N-ethyl adjacent to an activating group) is 2. The average molecular weight is 1230 g/mol. The minimum Gasteiger partial charge on any atom is -0.383 e. The molecule has 0 bridgehead atoms. The lowest BCUT2D eigenvalue weighted by molar-refractivity contribution is -0.128. The van der Waals surface area contributed by atoms with Crippen molar-refractivity contribution in [1.82, 2.24) is 49.1 Å². The molecule has 0 aliphatic carbocycles. The Kier molecular flexibility index (Phi) is 22.9. The summed E-state index contributed by atoms with van der Waals surface area (Å²) in [5, 5.41) is 13.9. The van der Waals surface area contributed by atoms with Gasteiger partial charge in [-0.05, 0) is 109 Å². The predicted molar refractivity (Wildman–Crippen MR) is 314 cm³/mol. The highest BCUT2D eigenvalue weighted by Crippen LogP contribution is 2.32. The molecule has 6 aromatic rings. The van der Waals surface area contributed by atoms with E-state index in [0.29, 0.717) is 99.1 Å². The van der Waals surface area contributed by atoms with Crippen molar-refractivity contribution in [2.45, 2.75) is 44.0 Å². The highest BCUT2D eigenvalue weighted by Gasteiger charge is 2.30. The number of nitrogens with two attached hydrogens (primary N) is 2. The van der Waals surface area contributed by atoms with Crippen LogP contribution >= 0.6 is 15.9 Å².